The Hall–Kier alpha value is -7.90. The number of carbonyl (C=O) groups is 4. The molecule has 20 heteroatoms. The van der Waals surface area contributed by atoms with Crippen molar-refractivity contribution in [3.63, 3.8) is 0 Å². The molecule has 3 aromatic carbocycles. The Balaban J connectivity index is 0. The molecule has 3 rings (SSSR count). The van der Waals surface area contributed by atoms with Crippen molar-refractivity contribution in [1.82, 2.24) is 0 Å². The molecule has 0 spiro atoms. The molecule has 0 atom stereocenters. The lowest BCUT2D eigenvalue weighted by atomic mass is 10.1. The highest BCUT2D eigenvalue weighted by atomic mass is 16.5. The molecule has 410 valence electrons. The molecule has 0 saturated heterocycles. The average Bonchev–Trinajstić information content (AvgIpc) is 3.33. The quantitative estimate of drug-likeness (QED) is 0.0146. The SMILES string of the molecule is CC(=O)O.CC(=O)O.CC(=O)O.CC(=O)O.CCC(N)=NCCCOc1cc(/C=C/c2ccc(/C=C/c3cc(OCCCN=C(N)CC)cc(OCCCN=C(N)CC)c3)cc2)cc(OCCCN=C(N)CC)c1. The van der Waals surface area contributed by atoms with Crippen molar-refractivity contribution in [2.45, 2.75) is 107 Å². The van der Waals surface area contributed by atoms with E-state index in [1.54, 1.807) is 0 Å². The van der Waals surface area contributed by atoms with Gasteiger partial charge in [-0.15, -0.1) is 0 Å². The average molecular weight is 1040 g/mol. The standard InChI is InChI=1S/C46H66N8O4.4C2H4O2/c1-5-43(47)51-21-9-25-55-39-29-37(30-40(33-39)56-26-10-22-52-44(48)6-2)19-17-35-13-15-36(16-14-35)18-20-38-31-41(57-27-11-23-53-45(49)7-3)34-42(32-38)58-28-12-24-54-46(50)8-4;4*1-2(3)4/h13-20,29-34H,5-12,21-28H2,1-4H3,(H2,47,51)(H2,48,52)(H2,49,53)(H2,50,54);4*1H3,(H,3,4)/b19-17+,20-18+;;;;. The Morgan fingerprint density at radius 1 is 0.392 bits per heavy atom. The molecule has 0 aromatic heterocycles. The molecule has 0 fully saturated rings. The number of hydrogen-bond acceptors (Lipinski definition) is 12. The summed E-state index contributed by atoms with van der Waals surface area (Å²) in [6.45, 7) is 16.9. The van der Waals surface area contributed by atoms with Crippen LogP contribution < -0.4 is 41.9 Å². The normalized spacial score (nSPS) is 11.4. The van der Waals surface area contributed by atoms with Crippen molar-refractivity contribution in [3.05, 3.63) is 82.9 Å². The van der Waals surface area contributed by atoms with Gasteiger partial charge in [0.05, 0.1) is 49.8 Å². The summed E-state index contributed by atoms with van der Waals surface area (Å²) in [6.07, 6.45) is 14.3. The molecule has 12 N–H and O–H groups in total. The molecule has 20 nitrogen and oxygen atoms in total. The van der Waals surface area contributed by atoms with Crippen LogP contribution in [0.15, 0.2) is 80.6 Å². The topological polar surface area (TPSA) is 340 Å². The van der Waals surface area contributed by atoms with Crippen LogP contribution in [0, 0.1) is 0 Å². The van der Waals surface area contributed by atoms with Crippen molar-refractivity contribution in [1.29, 1.82) is 0 Å². The molecular formula is C54H82N8O12. The maximum atomic E-state index is 9.00. The first-order valence-electron chi connectivity index (χ1n) is 24.3. The Kier molecular flexibility index (Phi) is 40.4. The van der Waals surface area contributed by atoms with Crippen LogP contribution in [0.3, 0.4) is 0 Å². The fraction of sp³-hybridized carbons (Fsp3) is 0.444. The summed E-state index contributed by atoms with van der Waals surface area (Å²) < 4.78 is 24.4. The number of nitrogens with two attached hydrogens (primary N) is 4. The zero-order valence-corrected chi connectivity index (χ0v) is 44.5. The molecule has 3 aromatic rings. The van der Waals surface area contributed by atoms with Crippen LogP contribution in [0.4, 0.5) is 0 Å². The molecule has 0 radical (unpaired) electrons. The third-order valence-electron chi connectivity index (χ3n) is 8.67. The third kappa shape index (κ3) is 44.1. The molecule has 74 heavy (non-hydrogen) atoms. The van der Waals surface area contributed by atoms with Crippen LogP contribution in [-0.2, 0) is 19.2 Å². The fourth-order valence-electron chi connectivity index (χ4n) is 5.17. The van der Waals surface area contributed by atoms with Crippen molar-refractivity contribution in [3.8, 4) is 23.0 Å². The number of hydrogen-bond donors (Lipinski definition) is 8. The van der Waals surface area contributed by atoms with Crippen LogP contribution in [0.5, 0.6) is 23.0 Å². The number of carboxylic acids is 4. The second-order valence-electron chi connectivity index (χ2n) is 15.6. The number of aliphatic carboxylic acids is 4. The highest BCUT2D eigenvalue weighted by Crippen LogP contribution is 2.27. The van der Waals surface area contributed by atoms with Crippen molar-refractivity contribution >= 4 is 71.5 Å². The lowest BCUT2D eigenvalue weighted by Gasteiger charge is -2.11. The minimum atomic E-state index is -0.833. The smallest absolute Gasteiger partial charge is 0.300 e. The van der Waals surface area contributed by atoms with E-state index < -0.39 is 23.9 Å². The van der Waals surface area contributed by atoms with Crippen molar-refractivity contribution in [2.75, 3.05) is 52.6 Å². The number of ether oxygens (including phenoxy) is 4. The Morgan fingerprint density at radius 3 is 0.770 bits per heavy atom. The van der Waals surface area contributed by atoms with Crippen LogP contribution >= 0.6 is 0 Å². The number of aliphatic imine (C=N–C) groups is 4. The van der Waals surface area contributed by atoms with Crippen LogP contribution in [0.1, 0.15) is 129 Å². The zero-order valence-electron chi connectivity index (χ0n) is 44.5. The van der Waals surface area contributed by atoms with Crippen LogP contribution in [-0.4, -0.2) is 120 Å². The van der Waals surface area contributed by atoms with Gasteiger partial charge >= 0.3 is 0 Å². The summed E-state index contributed by atoms with van der Waals surface area (Å²) in [5.41, 5.74) is 27.4. The number of carboxylic acid groups (broad SMARTS) is 4. The van der Waals surface area contributed by atoms with E-state index in [-0.39, 0.29) is 0 Å². The predicted molar refractivity (Wildman–Crippen MR) is 298 cm³/mol. The van der Waals surface area contributed by atoms with Crippen LogP contribution in [0.2, 0.25) is 0 Å². The molecule has 0 saturated carbocycles. The lowest BCUT2D eigenvalue weighted by Crippen LogP contribution is -2.11. The van der Waals surface area contributed by atoms with Gasteiger partial charge in [0.15, 0.2) is 0 Å². The zero-order chi connectivity index (χ0) is 56.1. The van der Waals surface area contributed by atoms with Crippen molar-refractivity contribution in [2.24, 2.45) is 42.9 Å². The summed E-state index contributed by atoms with van der Waals surface area (Å²) in [6, 6.07) is 20.3. The molecule has 0 heterocycles. The summed E-state index contributed by atoms with van der Waals surface area (Å²) in [5.74, 6) is 2.24. The third-order valence-corrected chi connectivity index (χ3v) is 8.67. The van der Waals surface area contributed by atoms with E-state index in [0.717, 1.165) is 124 Å². The number of benzene rings is 3. The highest BCUT2D eigenvalue weighted by Gasteiger charge is 2.06. The number of rotatable bonds is 28. The van der Waals surface area contributed by atoms with Gasteiger partial charge in [-0.1, -0.05) is 76.3 Å². The summed E-state index contributed by atoms with van der Waals surface area (Å²) in [7, 11) is 0. The summed E-state index contributed by atoms with van der Waals surface area (Å²) in [5, 5.41) is 29.7. The van der Waals surface area contributed by atoms with E-state index in [1.807, 2.05) is 64.1 Å². The summed E-state index contributed by atoms with van der Waals surface area (Å²) >= 11 is 0. The largest absolute Gasteiger partial charge is 0.493 e. The Bertz CT molecular complexity index is 1970. The van der Waals surface area contributed by atoms with Gasteiger partial charge in [-0.3, -0.25) is 39.1 Å². The second kappa shape index (κ2) is 43.9. The van der Waals surface area contributed by atoms with E-state index in [4.69, 9.17) is 81.5 Å². The van der Waals surface area contributed by atoms with E-state index in [1.165, 1.54) is 0 Å². The maximum absolute atomic E-state index is 9.00. The first kappa shape index (κ1) is 68.2. The minimum Gasteiger partial charge on any atom is -0.493 e. The number of amidine groups is 4. The monoisotopic (exact) mass is 1030 g/mol. The van der Waals surface area contributed by atoms with E-state index in [0.29, 0.717) is 75.9 Å². The predicted octanol–water partition coefficient (Wildman–Crippen LogP) is 8.54. The van der Waals surface area contributed by atoms with Gasteiger partial charge in [0.2, 0.25) is 0 Å². The number of nitrogens with zero attached hydrogens (tertiary/aromatic N) is 4. The van der Waals surface area contributed by atoms with Crippen molar-refractivity contribution < 1.29 is 58.6 Å². The maximum Gasteiger partial charge on any atom is 0.300 e. The summed E-state index contributed by atoms with van der Waals surface area (Å²) in [4.78, 5) is 53.5. The highest BCUT2D eigenvalue weighted by molar-refractivity contribution is 5.81. The molecule has 0 amide bonds. The Labute approximate surface area is 437 Å². The van der Waals surface area contributed by atoms with E-state index in [2.05, 4.69) is 68.5 Å². The van der Waals surface area contributed by atoms with E-state index in [9.17, 15) is 0 Å². The van der Waals surface area contributed by atoms with Gasteiger partial charge in [-0.05, 0) is 46.5 Å². The minimum absolute atomic E-state index is 0.522. The first-order valence-corrected chi connectivity index (χ1v) is 24.3. The van der Waals surface area contributed by atoms with Gasteiger partial charge in [0.1, 0.15) is 23.0 Å². The molecule has 0 unspecified atom stereocenters. The molecular weight excluding hydrogens is 953 g/mol. The van der Waals surface area contributed by atoms with E-state index >= 15 is 0 Å². The van der Waals surface area contributed by atoms with Gasteiger partial charge in [0.25, 0.3) is 23.9 Å². The van der Waals surface area contributed by atoms with Gasteiger partial charge in [0, 0.05) is 117 Å². The fourth-order valence-corrected chi connectivity index (χ4v) is 5.17. The second-order valence-corrected chi connectivity index (χ2v) is 15.6. The lowest BCUT2D eigenvalue weighted by molar-refractivity contribution is -0.135. The molecule has 0 aliphatic rings. The molecule has 0 bridgehead atoms. The van der Waals surface area contributed by atoms with Gasteiger partial charge in [-0.2, -0.15) is 0 Å². The van der Waals surface area contributed by atoms with Gasteiger partial charge in [-0.25, -0.2) is 0 Å². The van der Waals surface area contributed by atoms with Crippen LogP contribution in [0.25, 0.3) is 24.3 Å². The molecule has 0 aliphatic heterocycles. The van der Waals surface area contributed by atoms with Gasteiger partial charge < -0.3 is 62.3 Å². The Morgan fingerprint density at radius 2 is 0.581 bits per heavy atom. The first-order chi connectivity index (χ1) is 35.1. The molecule has 0 aliphatic carbocycles.